The van der Waals surface area contributed by atoms with E-state index in [4.69, 9.17) is 11.6 Å². The molecule has 2 N–H and O–H groups in total. The van der Waals surface area contributed by atoms with Crippen molar-refractivity contribution in [1.82, 2.24) is 4.57 Å². The van der Waals surface area contributed by atoms with Crippen LogP contribution in [0, 0.1) is 5.82 Å². The number of carbonyl (C=O) groups is 1. The van der Waals surface area contributed by atoms with Gasteiger partial charge in [0.1, 0.15) is 11.4 Å². The molecule has 0 saturated carbocycles. The largest absolute Gasteiger partial charge is 0.505 e. The third-order valence-corrected chi connectivity index (χ3v) is 4.79. The first kappa shape index (κ1) is 16.5. The first-order valence-corrected chi connectivity index (χ1v) is 8.29. The normalized spacial score (nSPS) is 11.0. The van der Waals surface area contributed by atoms with Crippen molar-refractivity contribution in [3.8, 4) is 5.75 Å². The fourth-order valence-corrected chi connectivity index (χ4v) is 3.51. The number of nitrogens with one attached hydrogen (secondary N) is 1. The van der Waals surface area contributed by atoms with E-state index in [0.29, 0.717) is 16.8 Å². The first-order chi connectivity index (χ1) is 11.4. The van der Waals surface area contributed by atoms with Crippen molar-refractivity contribution in [2.75, 3.05) is 5.32 Å². The van der Waals surface area contributed by atoms with Gasteiger partial charge in [-0.15, -0.1) is 11.3 Å². The van der Waals surface area contributed by atoms with Gasteiger partial charge in [-0.25, -0.2) is 4.39 Å². The van der Waals surface area contributed by atoms with E-state index in [2.05, 4.69) is 5.32 Å². The van der Waals surface area contributed by atoms with Crippen LogP contribution in [-0.2, 0) is 6.54 Å². The molecule has 0 aliphatic carbocycles. The lowest BCUT2D eigenvalue weighted by atomic mass is 10.2. The molecule has 1 aromatic carbocycles. The van der Waals surface area contributed by atoms with Gasteiger partial charge < -0.3 is 15.0 Å². The van der Waals surface area contributed by atoms with E-state index in [1.165, 1.54) is 22.0 Å². The first-order valence-electron chi connectivity index (χ1n) is 7.03. The maximum atomic E-state index is 13.1. The summed E-state index contributed by atoms with van der Waals surface area (Å²) in [4.78, 5) is 25.1. The van der Waals surface area contributed by atoms with Gasteiger partial charge in [0.25, 0.3) is 11.5 Å². The minimum atomic E-state index is -0.802. The molecule has 124 valence electrons. The van der Waals surface area contributed by atoms with Crippen LogP contribution >= 0.6 is 22.9 Å². The lowest BCUT2D eigenvalue weighted by Crippen LogP contribution is -2.29. The van der Waals surface area contributed by atoms with Gasteiger partial charge in [0.2, 0.25) is 0 Å². The molecule has 3 aromatic rings. The number of amides is 1. The number of thiophene rings is 1. The minimum absolute atomic E-state index is 0.00383. The summed E-state index contributed by atoms with van der Waals surface area (Å²) >= 11 is 7.11. The third kappa shape index (κ3) is 2.65. The zero-order valence-corrected chi connectivity index (χ0v) is 14.0. The topological polar surface area (TPSA) is 71.3 Å². The highest BCUT2D eigenvalue weighted by atomic mass is 35.5. The number of nitrogens with zero attached hydrogens (tertiary/aromatic N) is 1. The molecule has 0 aliphatic rings. The van der Waals surface area contributed by atoms with Crippen molar-refractivity contribution in [2.24, 2.45) is 0 Å². The molecule has 2 heterocycles. The number of hydrogen-bond donors (Lipinski definition) is 2. The van der Waals surface area contributed by atoms with Crippen molar-refractivity contribution in [2.45, 2.75) is 13.5 Å². The highest BCUT2D eigenvalue weighted by molar-refractivity contribution is 7.17. The van der Waals surface area contributed by atoms with Crippen molar-refractivity contribution >= 4 is 44.7 Å². The van der Waals surface area contributed by atoms with E-state index < -0.39 is 17.3 Å². The number of rotatable bonds is 3. The van der Waals surface area contributed by atoms with Gasteiger partial charge >= 0.3 is 0 Å². The Hall–Kier alpha value is -2.38. The second kappa shape index (κ2) is 6.26. The maximum absolute atomic E-state index is 13.1. The van der Waals surface area contributed by atoms with Gasteiger partial charge in [-0.3, -0.25) is 9.59 Å². The quantitative estimate of drug-likeness (QED) is 0.740. The van der Waals surface area contributed by atoms with Gasteiger partial charge in [-0.1, -0.05) is 11.6 Å². The van der Waals surface area contributed by atoms with E-state index in [-0.39, 0.29) is 22.0 Å². The number of fused-ring (bicyclic) bond motifs is 1. The second-order valence-electron chi connectivity index (χ2n) is 4.99. The fraction of sp³-hybridized carbons (Fsp3) is 0.125. The molecule has 0 radical (unpaired) electrons. The molecule has 0 unspecified atom stereocenters. The van der Waals surface area contributed by atoms with Gasteiger partial charge in [-0.2, -0.15) is 0 Å². The molecular formula is C16H12ClFN2O3S. The number of aryl methyl sites for hydroxylation is 1. The summed E-state index contributed by atoms with van der Waals surface area (Å²) < 4.78 is 14.9. The Morgan fingerprint density at radius 3 is 2.83 bits per heavy atom. The molecule has 0 bridgehead atoms. The van der Waals surface area contributed by atoms with Gasteiger partial charge in [0.05, 0.1) is 20.9 Å². The molecule has 8 heteroatoms. The van der Waals surface area contributed by atoms with E-state index in [1.807, 2.05) is 0 Å². The maximum Gasteiger partial charge on any atom is 0.267 e. The summed E-state index contributed by atoms with van der Waals surface area (Å²) in [6.07, 6.45) is 0. The summed E-state index contributed by atoms with van der Waals surface area (Å²) in [6, 6.07) is 5.18. The summed E-state index contributed by atoms with van der Waals surface area (Å²) in [5.41, 5.74) is -0.249. The van der Waals surface area contributed by atoms with Crippen LogP contribution in [0.15, 0.2) is 34.4 Å². The van der Waals surface area contributed by atoms with Crippen molar-refractivity contribution in [3.05, 3.63) is 56.4 Å². The monoisotopic (exact) mass is 366 g/mol. The Bertz CT molecular complexity index is 1010. The van der Waals surface area contributed by atoms with Crippen LogP contribution in [0.5, 0.6) is 5.75 Å². The van der Waals surface area contributed by atoms with Crippen LogP contribution in [0.2, 0.25) is 5.02 Å². The number of aromatic nitrogens is 1. The van der Waals surface area contributed by atoms with Crippen LogP contribution in [0.4, 0.5) is 10.1 Å². The number of benzene rings is 1. The number of aromatic hydroxyl groups is 1. The number of halogens is 2. The second-order valence-corrected chi connectivity index (χ2v) is 6.31. The predicted molar refractivity (Wildman–Crippen MR) is 92.8 cm³/mol. The lowest BCUT2D eigenvalue weighted by molar-refractivity contribution is 0.102. The van der Waals surface area contributed by atoms with Crippen LogP contribution in [0.25, 0.3) is 10.2 Å². The number of pyridine rings is 1. The Morgan fingerprint density at radius 1 is 1.42 bits per heavy atom. The lowest BCUT2D eigenvalue weighted by Gasteiger charge is -2.12. The van der Waals surface area contributed by atoms with Crippen molar-refractivity contribution in [1.29, 1.82) is 0 Å². The molecule has 3 rings (SSSR count). The smallest absolute Gasteiger partial charge is 0.267 e. The van der Waals surface area contributed by atoms with Crippen LogP contribution in [0.1, 0.15) is 17.3 Å². The SMILES string of the molecule is CCn1c(=O)c(C(=O)Nc2ccc(F)cc2Cl)c(O)c2sccc21. The van der Waals surface area contributed by atoms with Gasteiger partial charge in [-0.05, 0) is 36.6 Å². The van der Waals surface area contributed by atoms with E-state index in [1.54, 1.807) is 18.4 Å². The van der Waals surface area contributed by atoms with Gasteiger partial charge in [0.15, 0.2) is 5.75 Å². The number of hydrogen-bond acceptors (Lipinski definition) is 4. The highest BCUT2D eigenvalue weighted by Crippen LogP contribution is 2.32. The molecule has 0 spiro atoms. The fourth-order valence-electron chi connectivity index (χ4n) is 2.45. The molecule has 0 atom stereocenters. The summed E-state index contributed by atoms with van der Waals surface area (Å²) in [5, 5.41) is 14.5. The van der Waals surface area contributed by atoms with E-state index in [0.717, 1.165) is 12.1 Å². The molecule has 5 nitrogen and oxygen atoms in total. The zero-order valence-electron chi connectivity index (χ0n) is 12.5. The Labute approximate surface area is 144 Å². The summed E-state index contributed by atoms with van der Waals surface area (Å²) in [7, 11) is 0. The third-order valence-electron chi connectivity index (χ3n) is 3.57. The van der Waals surface area contributed by atoms with E-state index >= 15 is 0 Å². The molecule has 0 saturated heterocycles. The van der Waals surface area contributed by atoms with E-state index in [9.17, 15) is 19.1 Å². The highest BCUT2D eigenvalue weighted by Gasteiger charge is 2.23. The minimum Gasteiger partial charge on any atom is -0.505 e. The van der Waals surface area contributed by atoms with Gasteiger partial charge in [0, 0.05) is 6.54 Å². The average Bonchev–Trinajstić information content (AvgIpc) is 3.00. The Kier molecular flexibility index (Phi) is 4.29. The molecule has 2 aromatic heterocycles. The van der Waals surface area contributed by atoms with Crippen molar-refractivity contribution in [3.63, 3.8) is 0 Å². The molecule has 1 amide bonds. The van der Waals surface area contributed by atoms with Crippen LogP contribution in [0.3, 0.4) is 0 Å². The molecular weight excluding hydrogens is 355 g/mol. The summed E-state index contributed by atoms with van der Waals surface area (Å²) in [6.45, 7) is 2.12. The van der Waals surface area contributed by atoms with Crippen LogP contribution in [-0.4, -0.2) is 15.6 Å². The Balaban J connectivity index is 2.11. The molecule has 0 aliphatic heterocycles. The predicted octanol–water partition coefficient (Wildman–Crippen LogP) is 3.83. The Morgan fingerprint density at radius 2 is 2.17 bits per heavy atom. The molecule has 0 fully saturated rings. The zero-order chi connectivity index (χ0) is 17.4. The average molecular weight is 367 g/mol. The van der Waals surface area contributed by atoms with Crippen molar-refractivity contribution < 1.29 is 14.3 Å². The number of carbonyl (C=O) groups excluding carboxylic acids is 1. The number of anilines is 1. The summed E-state index contributed by atoms with van der Waals surface area (Å²) in [5.74, 6) is -1.72. The standard InChI is InChI=1S/C16H12ClFN2O3S/c1-2-20-11-5-6-24-14(11)13(21)12(16(20)23)15(22)19-10-4-3-8(18)7-9(10)17/h3-7,21H,2H2,1H3,(H,19,22). The van der Waals surface area contributed by atoms with Crippen LogP contribution < -0.4 is 10.9 Å². The molecule has 24 heavy (non-hydrogen) atoms.